The number of ether oxygens (including phenoxy) is 1. The Kier molecular flexibility index (Phi) is 3.01. The highest BCUT2D eigenvalue weighted by molar-refractivity contribution is 5.97. The number of piperazine rings is 1. The summed E-state index contributed by atoms with van der Waals surface area (Å²) in [6.45, 7) is 4.02. The fourth-order valence-electron chi connectivity index (χ4n) is 3.47. The molecule has 100 valence electrons. The summed E-state index contributed by atoms with van der Waals surface area (Å²) < 4.78 is 5.38. The largest absolute Gasteiger partial charge is 0.379 e. The Labute approximate surface area is 107 Å². The fourth-order valence-corrected chi connectivity index (χ4v) is 3.47. The third-order valence-electron chi connectivity index (χ3n) is 4.38. The molecule has 3 atom stereocenters. The minimum Gasteiger partial charge on any atom is -0.379 e. The van der Waals surface area contributed by atoms with Gasteiger partial charge < -0.3 is 14.5 Å². The van der Waals surface area contributed by atoms with Gasteiger partial charge in [0.05, 0.1) is 12.6 Å². The third-order valence-corrected chi connectivity index (χ3v) is 4.38. The van der Waals surface area contributed by atoms with Crippen molar-refractivity contribution in [3.8, 4) is 0 Å². The first-order valence-corrected chi connectivity index (χ1v) is 6.94. The van der Waals surface area contributed by atoms with Gasteiger partial charge in [-0.15, -0.1) is 0 Å². The second-order valence-electron chi connectivity index (χ2n) is 5.38. The monoisotopic (exact) mass is 252 g/mol. The van der Waals surface area contributed by atoms with Gasteiger partial charge in [-0.3, -0.25) is 9.59 Å². The average Bonchev–Trinajstić information content (AvgIpc) is 3.02. The van der Waals surface area contributed by atoms with Crippen molar-refractivity contribution in [1.29, 1.82) is 0 Å². The maximum absolute atomic E-state index is 12.6. The van der Waals surface area contributed by atoms with Gasteiger partial charge in [-0.05, 0) is 25.7 Å². The molecule has 0 aromatic rings. The van der Waals surface area contributed by atoms with Crippen LogP contribution in [0.15, 0.2) is 0 Å². The second kappa shape index (κ2) is 4.53. The summed E-state index contributed by atoms with van der Waals surface area (Å²) in [7, 11) is 0. The van der Waals surface area contributed by atoms with Crippen LogP contribution in [0.5, 0.6) is 0 Å². The van der Waals surface area contributed by atoms with Crippen molar-refractivity contribution in [2.45, 2.75) is 50.7 Å². The summed E-state index contributed by atoms with van der Waals surface area (Å²) in [5, 5.41) is 0. The van der Waals surface area contributed by atoms with E-state index in [1.54, 1.807) is 4.90 Å². The van der Waals surface area contributed by atoms with Crippen molar-refractivity contribution in [2.24, 2.45) is 0 Å². The molecule has 0 radical (unpaired) electrons. The van der Waals surface area contributed by atoms with Gasteiger partial charge in [0.1, 0.15) is 12.1 Å². The van der Waals surface area contributed by atoms with Crippen molar-refractivity contribution in [3.63, 3.8) is 0 Å². The molecule has 5 heteroatoms. The molecule has 3 saturated heterocycles. The molecule has 3 heterocycles. The minimum atomic E-state index is -0.265. The molecule has 0 aromatic heterocycles. The number of amides is 2. The fraction of sp³-hybridized carbons (Fsp3) is 0.846. The number of hydrogen-bond donors (Lipinski definition) is 0. The van der Waals surface area contributed by atoms with Crippen LogP contribution in [0.3, 0.4) is 0 Å². The highest BCUT2D eigenvalue weighted by Gasteiger charge is 2.49. The standard InChI is InChI=1S/C13H20N2O3/c1-2-10-12(16)14-6-3-4-11(14)13(17)15(10)9-5-7-18-8-9/h9-11H,2-8H2,1H3. The molecule has 0 bridgehead atoms. The number of nitrogens with zero attached hydrogens (tertiary/aromatic N) is 2. The maximum atomic E-state index is 12.6. The van der Waals surface area contributed by atoms with Crippen molar-refractivity contribution in [1.82, 2.24) is 9.80 Å². The van der Waals surface area contributed by atoms with Gasteiger partial charge in [-0.2, -0.15) is 0 Å². The predicted molar refractivity (Wildman–Crippen MR) is 64.9 cm³/mol. The first kappa shape index (κ1) is 12.0. The molecule has 0 saturated carbocycles. The first-order chi connectivity index (χ1) is 8.74. The highest BCUT2D eigenvalue weighted by Crippen LogP contribution is 2.31. The van der Waals surface area contributed by atoms with E-state index >= 15 is 0 Å². The lowest BCUT2D eigenvalue weighted by Crippen LogP contribution is -2.65. The lowest BCUT2D eigenvalue weighted by molar-refractivity contribution is -0.162. The summed E-state index contributed by atoms with van der Waals surface area (Å²) >= 11 is 0. The van der Waals surface area contributed by atoms with E-state index in [-0.39, 0.29) is 29.9 Å². The van der Waals surface area contributed by atoms with Crippen LogP contribution < -0.4 is 0 Å². The Morgan fingerprint density at radius 3 is 2.78 bits per heavy atom. The van der Waals surface area contributed by atoms with Crippen LogP contribution in [0, 0.1) is 0 Å². The van der Waals surface area contributed by atoms with Crippen LogP contribution in [-0.4, -0.2) is 59.5 Å². The van der Waals surface area contributed by atoms with E-state index in [4.69, 9.17) is 4.74 Å². The SMILES string of the molecule is CCC1C(=O)N2CCCC2C(=O)N1C1CCOC1. The topological polar surface area (TPSA) is 49.9 Å². The van der Waals surface area contributed by atoms with Crippen LogP contribution in [-0.2, 0) is 14.3 Å². The maximum Gasteiger partial charge on any atom is 0.246 e. The molecular weight excluding hydrogens is 232 g/mol. The lowest BCUT2D eigenvalue weighted by atomic mass is 10.00. The molecule has 0 aromatic carbocycles. The van der Waals surface area contributed by atoms with E-state index < -0.39 is 0 Å². The molecular formula is C13H20N2O3. The van der Waals surface area contributed by atoms with Gasteiger partial charge in [0.25, 0.3) is 0 Å². The quantitative estimate of drug-likeness (QED) is 0.714. The first-order valence-electron chi connectivity index (χ1n) is 6.94. The van der Waals surface area contributed by atoms with E-state index in [1.807, 2.05) is 11.8 Å². The van der Waals surface area contributed by atoms with E-state index in [0.29, 0.717) is 19.6 Å². The van der Waals surface area contributed by atoms with Crippen LogP contribution >= 0.6 is 0 Å². The van der Waals surface area contributed by atoms with Crippen molar-refractivity contribution in [2.75, 3.05) is 19.8 Å². The predicted octanol–water partition coefficient (Wildman–Crippen LogP) is 0.387. The smallest absolute Gasteiger partial charge is 0.246 e. The van der Waals surface area contributed by atoms with Crippen LogP contribution in [0.25, 0.3) is 0 Å². The summed E-state index contributed by atoms with van der Waals surface area (Å²) in [5.74, 6) is 0.293. The zero-order valence-electron chi connectivity index (χ0n) is 10.8. The van der Waals surface area contributed by atoms with Crippen molar-refractivity contribution >= 4 is 11.8 Å². The molecule has 3 aliphatic heterocycles. The van der Waals surface area contributed by atoms with Gasteiger partial charge in [0.2, 0.25) is 11.8 Å². The Morgan fingerprint density at radius 2 is 2.11 bits per heavy atom. The average molecular weight is 252 g/mol. The van der Waals surface area contributed by atoms with Crippen molar-refractivity contribution in [3.05, 3.63) is 0 Å². The Hall–Kier alpha value is -1.10. The van der Waals surface area contributed by atoms with Gasteiger partial charge in [-0.1, -0.05) is 6.92 Å². The normalized spacial score (nSPS) is 36.4. The summed E-state index contributed by atoms with van der Waals surface area (Å²) in [6, 6.07) is -0.353. The number of fused-ring (bicyclic) bond motifs is 1. The van der Waals surface area contributed by atoms with Crippen molar-refractivity contribution < 1.29 is 14.3 Å². The van der Waals surface area contributed by atoms with Crippen LogP contribution in [0.2, 0.25) is 0 Å². The molecule has 3 rings (SSSR count). The molecule has 3 aliphatic rings. The molecule has 3 unspecified atom stereocenters. The molecule has 2 amide bonds. The summed E-state index contributed by atoms with van der Waals surface area (Å²) in [5.41, 5.74) is 0. The molecule has 18 heavy (non-hydrogen) atoms. The summed E-state index contributed by atoms with van der Waals surface area (Å²) in [6.07, 6.45) is 3.34. The van der Waals surface area contributed by atoms with Gasteiger partial charge in [0, 0.05) is 13.2 Å². The Morgan fingerprint density at radius 1 is 1.28 bits per heavy atom. The van der Waals surface area contributed by atoms with Crippen LogP contribution in [0.4, 0.5) is 0 Å². The number of rotatable bonds is 2. The highest BCUT2D eigenvalue weighted by atomic mass is 16.5. The van der Waals surface area contributed by atoms with Gasteiger partial charge >= 0.3 is 0 Å². The van der Waals surface area contributed by atoms with E-state index in [1.165, 1.54) is 0 Å². The summed E-state index contributed by atoms with van der Waals surface area (Å²) in [4.78, 5) is 28.7. The zero-order chi connectivity index (χ0) is 12.7. The molecule has 0 N–H and O–H groups in total. The minimum absolute atomic E-state index is 0.106. The number of carbonyl (C=O) groups is 2. The van der Waals surface area contributed by atoms with E-state index in [9.17, 15) is 9.59 Å². The number of carbonyl (C=O) groups excluding carboxylic acids is 2. The van der Waals surface area contributed by atoms with Gasteiger partial charge in [0.15, 0.2) is 0 Å². The zero-order valence-corrected chi connectivity index (χ0v) is 10.8. The van der Waals surface area contributed by atoms with E-state index in [2.05, 4.69) is 0 Å². The lowest BCUT2D eigenvalue weighted by Gasteiger charge is -2.44. The molecule has 3 fully saturated rings. The van der Waals surface area contributed by atoms with Gasteiger partial charge in [-0.25, -0.2) is 0 Å². The molecule has 5 nitrogen and oxygen atoms in total. The molecule has 0 spiro atoms. The third kappa shape index (κ3) is 1.64. The van der Waals surface area contributed by atoms with E-state index in [0.717, 1.165) is 25.8 Å². The second-order valence-corrected chi connectivity index (χ2v) is 5.38. The Bertz CT molecular complexity index is 365. The number of hydrogen-bond acceptors (Lipinski definition) is 3. The van der Waals surface area contributed by atoms with Crippen LogP contribution in [0.1, 0.15) is 32.6 Å². The molecule has 0 aliphatic carbocycles. The Balaban J connectivity index is 1.89.